The van der Waals surface area contributed by atoms with Crippen LogP contribution in [0.5, 0.6) is 0 Å². The van der Waals surface area contributed by atoms with Gasteiger partial charge in [-0.1, -0.05) is 0 Å². The molecule has 0 heterocycles. The Morgan fingerprint density at radius 2 is 0.400 bits per heavy atom. The zero-order chi connectivity index (χ0) is 26.1. The molecule has 0 aliphatic heterocycles. The predicted molar refractivity (Wildman–Crippen MR) is 177 cm³/mol. The van der Waals surface area contributed by atoms with Crippen molar-refractivity contribution in [3.63, 3.8) is 0 Å². The topological polar surface area (TPSA) is 0 Å². The van der Waals surface area contributed by atoms with Crippen LogP contribution in [0.3, 0.4) is 0 Å². The monoisotopic (exact) mass is 533 g/mol. The molecule has 0 atom stereocenters. The summed E-state index contributed by atoms with van der Waals surface area (Å²) in [5, 5.41) is 0. The molecule has 0 aliphatic rings. The summed E-state index contributed by atoms with van der Waals surface area (Å²) in [6.07, 6.45) is 41.4. The van der Waals surface area contributed by atoms with Crippen molar-refractivity contribution < 1.29 is 0 Å². The zero-order valence-electron chi connectivity index (χ0n) is 26.1. The van der Waals surface area contributed by atoms with E-state index in [2.05, 4.69) is 41.5 Å². The van der Waals surface area contributed by atoms with E-state index in [0.717, 1.165) is 0 Å². The van der Waals surface area contributed by atoms with Crippen LogP contribution in [0, 0.1) is 0 Å². The van der Waals surface area contributed by atoms with Gasteiger partial charge in [0.1, 0.15) is 0 Å². The molecule has 0 saturated carbocycles. The predicted octanol–water partition coefficient (Wildman–Crippen LogP) is 12.0. The van der Waals surface area contributed by atoms with Crippen molar-refractivity contribution in [2.45, 2.75) is 164 Å². The first-order valence-electron chi connectivity index (χ1n) is 17.1. The van der Waals surface area contributed by atoms with Gasteiger partial charge in [0.2, 0.25) is 0 Å². The van der Waals surface area contributed by atoms with E-state index in [9.17, 15) is 0 Å². The van der Waals surface area contributed by atoms with Crippen molar-refractivity contribution in [2.24, 2.45) is 0 Å². The van der Waals surface area contributed by atoms with E-state index in [1.165, 1.54) is 109 Å². The summed E-state index contributed by atoms with van der Waals surface area (Å²) >= 11 is 0. The SMILES string of the molecule is CCCC[PH](CCCC)(CCCC)CCCCCCCCC[PH](CCCC)(CCCC)CCCC. The fourth-order valence-electron chi connectivity index (χ4n) is 6.69. The third-order valence-corrected chi connectivity index (χ3v) is 20.6. The normalized spacial score (nSPS) is 13.4. The molecule has 35 heavy (non-hydrogen) atoms. The molecule has 0 nitrogen and oxygen atoms in total. The summed E-state index contributed by atoms with van der Waals surface area (Å²) in [7, 11) is -1.98. The van der Waals surface area contributed by atoms with Crippen molar-refractivity contribution in [1.29, 1.82) is 0 Å². The minimum absolute atomic E-state index is 0.990. The molecular formula is C33H74P2. The van der Waals surface area contributed by atoms with Crippen LogP contribution < -0.4 is 0 Å². The molecule has 0 rings (SSSR count). The van der Waals surface area contributed by atoms with Crippen molar-refractivity contribution in [1.82, 2.24) is 0 Å². The third-order valence-electron chi connectivity index (χ3n) is 9.28. The van der Waals surface area contributed by atoms with Crippen LogP contribution in [0.4, 0.5) is 0 Å². The molecule has 0 aromatic rings. The van der Waals surface area contributed by atoms with E-state index in [1.54, 1.807) is 62.1 Å². The summed E-state index contributed by atoms with van der Waals surface area (Å²) in [4.78, 5) is 0. The molecule has 0 radical (unpaired) electrons. The van der Waals surface area contributed by atoms with Crippen LogP contribution >= 0.6 is 14.5 Å². The molecular weight excluding hydrogens is 458 g/mol. The van der Waals surface area contributed by atoms with Crippen molar-refractivity contribution >= 4 is 14.5 Å². The zero-order valence-corrected chi connectivity index (χ0v) is 28.1. The number of hydrogen-bond acceptors (Lipinski definition) is 0. The first-order chi connectivity index (χ1) is 17.1. The number of hydrogen-bond donors (Lipinski definition) is 0. The summed E-state index contributed by atoms with van der Waals surface area (Å²) in [5.74, 6) is 0. The molecule has 0 aromatic carbocycles. The quantitative estimate of drug-likeness (QED) is 0.0694. The van der Waals surface area contributed by atoms with Gasteiger partial charge < -0.3 is 0 Å². The van der Waals surface area contributed by atoms with Crippen LogP contribution in [-0.2, 0) is 0 Å². The molecule has 0 aromatic heterocycles. The first kappa shape index (κ1) is 35.9. The standard InChI is InChI=1S/C33H74P2/c1-7-13-26-34(27-14-8-2,28-15-9-3)32-24-22-20-19-21-23-25-33-35(29-16-10-4,30-17-11-5)31-18-12-6/h34-35H,7-33H2,1-6H3. The Balaban J connectivity index is 4.39. The van der Waals surface area contributed by atoms with Gasteiger partial charge in [0.15, 0.2) is 0 Å². The molecule has 0 aliphatic carbocycles. The van der Waals surface area contributed by atoms with Gasteiger partial charge in [-0.3, -0.25) is 0 Å². The van der Waals surface area contributed by atoms with E-state index in [-0.39, 0.29) is 0 Å². The van der Waals surface area contributed by atoms with Gasteiger partial charge in [-0.05, 0) is 0 Å². The number of unbranched alkanes of at least 4 members (excludes halogenated alkanes) is 12. The fourth-order valence-corrected chi connectivity index (χ4v) is 18.3. The third kappa shape index (κ3) is 18.7. The van der Waals surface area contributed by atoms with Gasteiger partial charge in [0, 0.05) is 0 Å². The summed E-state index contributed by atoms with van der Waals surface area (Å²) < 4.78 is 0. The Labute approximate surface area is 227 Å². The average Bonchev–Trinajstić information content (AvgIpc) is 2.88. The van der Waals surface area contributed by atoms with Crippen LogP contribution in [0.15, 0.2) is 0 Å². The molecule has 0 fully saturated rings. The van der Waals surface area contributed by atoms with Gasteiger partial charge in [0.25, 0.3) is 0 Å². The maximum absolute atomic E-state index is 2.41. The van der Waals surface area contributed by atoms with Crippen LogP contribution in [0.2, 0.25) is 0 Å². The molecule has 0 spiro atoms. The van der Waals surface area contributed by atoms with Gasteiger partial charge in [0.05, 0.1) is 0 Å². The Kier molecular flexibility index (Phi) is 25.8. The van der Waals surface area contributed by atoms with Crippen molar-refractivity contribution in [2.75, 3.05) is 49.3 Å². The molecule has 0 amide bonds. The Bertz CT molecular complexity index is 338. The molecule has 0 unspecified atom stereocenters. The minimum atomic E-state index is -0.990. The van der Waals surface area contributed by atoms with E-state index < -0.39 is 14.5 Å². The van der Waals surface area contributed by atoms with Crippen LogP contribution in [-0.4, -0.2) is 49.3 Å². The second-order valence-corrected chi connectivity index (χ2v) is 22.6. The molecule has 0 N–H and O–H groups in total. The van der Waals surface area contributed by atoms with Gasteiger partial charge >= 0.3 is 227 Å². The molecule has 0 saturated heterocycles. The van der Waals surface area contributed by atoms with E-state index >= 15 is 0 Å². The molecule has 2 heteroatoms. The van der Waals surface area contributed by atoms with E-state index in [4.69, 9.17) is 0 Å². The Hall–Kier alpha value is 0.860. The van der Waals surface area contributed by atoms with Crippen LogP contribution in [0.25, 0.3) is 0 Å². The van der Waals surface area contributed by atoms with Crippen molar-refractivity contribution in [3.8, 4) is 0 Å². The second kappa shape index (κ2) is 25.2. The fraction of sp³-hybridized carbons (Fsp3) is 1.00. The second-order valence-electron chi connectivity index (χ2n) is 12.6. The summed E-state index contributed by atoms with van der Waals surface area (Å²) in [6.45, 7) is 14.4. The van der Waals surface area contributed by atoms with Gasteiger partial charge in [-0.15, -0.1) is 0 Å². The maximum atomic E-state index is 2.41. The van der Waals surface area contributed by atoms with E-state index in [0.29, 0.717) is 0 Å². The Morgan fingerprint density at radius 3 is 0.600 bits per heavy atom. The average molecular weight is 533 g/mol. The summed E-state index contributed by atoms with van der Waals surface area (Å²) in [6, 6.07) is 0. The van der Waals surface area contributed by atoms with E-state index in [1.807, 2.05) is 0 Å². The molecule has 216 valence electrons. The van der Waals surface area contributed by atoms with Gasteiger partial charge in [-0.25, -0.2) is 0 Å². The first-order valence-corrected chi connectivity index (χ1v) is 22.7. The Morgan fingerprint density at radius 1 is 0.229 bits per heavy atom. The molecule has 0 bridgehead atoms. The van der Waals surface area contributed by atoms with Crippen LogP contribution in [0.1, 0.15) is 164 Å². The summed E-state index contributed by atoms with van der Waals surface area (Å²) in [5.41, 5.74) is 0. The number of rotatable bonds is 28. The van der Waals surface area contributed by atoms with Gasteiger partial charge in [-0.2, -0.15) is 0 Å². The van der Waals surface area contributed by atoms with Crippen molar-refractivity contribution in [3.05, 3.63) is 0 Å².